The van der Waals surface area contributed by atoms with Crippen molar-refractivity contribution in [2.24, 2.45) is 0 Å². The lowest BCUT2D eigenvalue weighted by Gasteiger charge is -2.26. The van der Waals surface area contributed by atoms with Crippen LogP contribution in [0.2, 0.25) is 5.02 Å². The van der Waals surface area contributed by atoms with E-state index in [0.29, 0.717) is 52.5 Å². The van der Waals surface area contributed by atoms with E-state index < -0.39 is 17.7 Å². The molecule has 0 saturated carbocycles. The minimum Gasteiger partial charge on any atom is -0.507 e. The van der Waals surface area contributed by atoms with E-state index >= 15 is 0 Å². The number of amides is 1. The number of anilines is 1. The van der Waals surface area contributed by atoms with Gasteiger partial charge in [-0.1, -0.05) is 17.7 Å². The van der Waals surface area contributed by atoms with E-state index in [9.17, 15) is 14.7 Å². The van der Waals surface area contributed by atoms with Crippen molar-refractivity contribution in [1.82, 2.24) is 0 Å². The number of hydrogen-bond acceptors (Lipinski definition) is 7. The Morgan fingerprint density at radius 3 is 2.18 bits per heavy atom. The van der Waals surface area contributed by atoms with Crippen LogP contribution in [0.25, 0.3) is 5.76 Å². The summed E-state index contributed by atoms with van der Waals surface area (Å²) in [5, 5.41) is 11.8. The highest BCUT2D eigenvalue weighted by Crippen LogP contribution is 2.44. The maximum absolute atomic E-state index is 13.5. The van der Waals surface area contributed by atoms with Crippen molar-refractivity contribution in [3.63, 3.8) is 0 Å². The summed E-state index contributed by atoms with van der Waals surface area (Å²) in [6, 6.07) is 15.6. The molecule has 1 N–H and O–H groups in total. The number of ketones is 1. The van der Waals surface area contributed by atoms with Gasteiger partial charge in [0.05, 0.1) is 44.1 Å². The predicted molar refractivity (Wildman–Crippen MR) is 145 cm³/mol. The summed E-state index contributed by atoms with van der Waals surface area (Å²) in [7, 11) is 3.01. The summed E-state index contributed by atoms with van der Waals surface area (Å²) < 4.78 is 21.9. The summed E-state index contributed by atoms with van der Waals surface area (Å²) >= 11 is 6.23. The van der Waals surface area contributed by atoms with Gasteiger partial charge in [0.15, 0.2) is 11.5 Å². The smallest absolute Gasteiger partial charge is 0.300 e. The number of aliphatic hydroxyl groups excluding tert-OH is 1. The minimum absolute atomic E-state index is 0.0825. The molecule has 0 radical (unpaired) electrons. The molecule has 1 heterocycles. The fourth-order valence-corrected chi connectivity index (χ4v) is 4.55. The highest BCUT2D eigenvalue weighted by molar-refractivity contribution is 6.51. The van der Waals surface area contributed by atoms with Crippen LogP contribution in [0.4, 0.5) is 5.69 Å². The highest BCUT2D eigenvalue weighted by atomic mass is 35.5. The Balaban J connectivity index is 1.93. The van der Waals surface area contributed by atoms with Crippen molar-refractivity contribution in [2.45, 2.75) is 19.9 Å². The van der Waals surface area contributed by atoms with Gasteiger partial charge in [-0.05, 0) is 74.0 Å². The summed E-state index contributed by atoms with van der Waals surface area (Å²) in [5.41, 5.74) is 1.20. The molecule has 4 rings (SSSR count). The second kappa shape index (κ2) is 11.5. The van der Waals surface area contributed by atoms with Crippen LogP contribution in [0, 0.1) is 0 Å². The van der Waals surface area contributed by atoms with Crippen LogP contribution in [0.15, 0.2) is 66.2 Å². The number of carbonyl (C=O) groups excluding carboxylic acids is 2. The summed E-state index contributed by atoms with van der Waals surface area (Å²) in [6.45, 7) is 4.53. The van der Waals surface area contributed by atoms with Crippen LogP contribution >= 0.6 is 11.6 Å². The third kappa shape index (κ3) is 4.99. The van der Waals surface area contributed by atoms with Gasteiger partial charge < -0.3 is 24.1 Å². The first-order valence-corrected chi connectivity index (χ1v) is 12.4. The van der Waals surface area contributed by atoms with Gasteiger partial charge in [0, 0.05) is 11.3 Å². The second-order valence-corrected chi connectivity index (χ2v) is 8.70. The molecule has 198 valence electrons. The molecule has 0 aromatic heterocycles. The molecule has 1 saturated heterocycles. The van der Waals surface area contributed by atoms with Crippen molar-refractivity contribution in [3.8, 4) is 23.0 Å². The van der Waals surface area contributed by atoms with Crippen LogP contribution in [0.5, 0.6) is 23.0 Å². The molecule has 0 bridgehead atoms. The number of benzene rings is 3. The zero-order valence-electron chi connectivity index (χ0n) is 21.5. The normalized spacial score (nSPS) is 16.4. The Morgan fingerprint density at radius 2 is 1.55 bits per heavy atom. The van der Waals surface area contributed by atoms with Gasteiger partial charge >= 0.3 is 0 Å². The molecule has 3 aromatic rings. The van der Waals surface area contributed by atoms with Gasteiger partial charge in [0.1, 0.15) is 17.3 Å². The van der Waals surface area contributed by atoms with Crippen LogP contribution in [0.1, 0.15) is 31.0 Å². The molecule has 1 amide bonds. The highest BCUT2D eigenvalue weighted by Gasteiger charge is 2.47. The Morgan fingerprint density at radius 1 is 0.868 bits per heavy atom. The Kier molecular flexibility index (Phi) is 8.12. The fraction of sp³-hybridized carbons (Fsp3) is 0.241. The molecule has 1 fully saturated rings. The summed E-state index contributed by atoms with van der Waals surface area (Å²) in [6.07, 6.45) is 0. The van der Waals surface area contributed by atoms with Gasteiger partial charge in [-0.15, -0.1) is 0 Å². The first-order valence-electron chi connectivity index (χ1n) is 12.0. The van der Waals surface area contributed by atoms with Gasteiger partial charge in [0.2, 0.25) is 0 Å². The summed E-state index contributed by atoms with van der Waals surface area (Å²) in [5.74, 6) is -0.102. The number of hydrogen-bond donors (Lipinski definition) is 1. The monoisotopic (exact) mass is 537 g/mol. The average molecular weight is 538 g/mol. The van der Waals surface area contributed by atoms with Crippen molar-refractivity contribution in [1.29, 1.82) is 0 Å². The minimum atomic E-state index is -0.959. The van der Waals surface area contributed by atoms with E-state index in [4.69, 9.17) is 30.5 Å². The van der Waals surface area contributed by atoms with E-state index in [1.165, 1.54) is 25.2 Å². The zero-order valence-corrected chi connectivity index (χ0v) is 22.2. The number of nitrogens with zero attached hydrogens (tertiary/aromatic N) is 1. The number of rotatable bonds is 9. The number of carbonyl (C=O) groups is 2. The van der Waals surface area contributed by atoms with E-state index in [1.54, 1.807) is 54.6 Å². The lowest BCUT2D eigenvalue weighted by molar-refractivity contribution is -0.132. The average Bonchev–Trinajstić information content (AvgIpc) is 3.19. The molecule has 9 heteroatoms. The zero-order chi connectivity index (χ0) is 27.4. The molecule has 1 unspecified atom stereocenters. The van der Waals surface area contributed by atoms with Gasteiger partial charge in [-0.3, -0.25) is 14.5 Å². The van der Waals surface area contributed by atoms with Gasteiger partial charge in [-0.2, -0.15) is 0 Å². The quantitative estimate of drug-likeness (QED) is 0.210. The molecular formula is C29H28ClNO7. The number of ether oxygens (including phenoxy) is 4. The third-order valence-electron chi connectivity index (χ3n) is 6.10. The number of aliphatic hydroxyl groups is 1. The number of methoxy groups -OCH3 is 2. The fourth-order valence-electron chi connectivity index (χ4n) is 4.38. The molecule has 1 aliphatic heterocycles. The first kappa shape index (κ1) is 26.9. The lowest BCUT2D eigenvalue weighted by atomic mass is 9.94. The number of Topliss-reactive ketones (excluding diaryl/α,β-unsaturated/α-hetero) is 1. The maximum atomic E-state index is 13.5. The molecule has 38 heavy (non-hydrogen) atoms. The maximum Gasteiger partial charge on any atom is 0.300 e. The van der Waals surface area contributed by atoms with Crippen LogP contribution in [0.3, 0.4) is 0 Å². The van der Waals surface area contributed by atoms with E-state index in [1.807, 2.05) is 13.8 Å². The van der Waals surface area contributed by atoms with E-state index in [0.717, 1.165) is 0 Å². The van der Waals surface area contributed by atoms with Crippen molar-refractivity contribution in [2.75, 3.05) is 32.3 Å². The van der Waals surface area contributed by atoms with Gasteiger partial charge in [0.25, 0.3) is 11.7 Å². The molecule has 0 spiro atoms. The van der Waals surface area contributed by atoms with E-state index in [-0.39, 0.29) is 16.9 Å². The largest absolute Gasteiger partial charge is 0.507 e. The molecule has 8 nitrogen and oxygen atoms in total. The lowest BCUT2D eigenvalue weighted by Crippen LogP contribution is -2.29. The Hall–Kier alpha value is -4.17. The topological polar surface area (TPSA) is 94.5 Å². The van der Waals surface area contributed by atoms with Crippen LogP contribution in [-0.4, -0.2) is 44.2 Å². The van der Waals surface area contributed by atoms with Crippen molar-refractivity contribution < 1.29 is 33.6 Å². The Labute approximate surface area is 225 Å². The SMILES string of the molecule is CCOc1ccc(N2C(=O)C(=O)/C(=C(\O)c3ccc(Cl)c(OCC)c3)C2c2ccc(OC)c(OC)c2)cc1. The molecule has 1 aliphatic rings. The Bertz CT molecular complexity index is 1380. The second-order valence-electron chi connectivity index (χ2n) is 8.29. The van der Waals surface area contributed by atoms with Crippen molar-refractivity contribution >= 4 is 34.7 Å². The van der Waals surface area contributed by atoms with E-state index in [2.05, 4.69) is 0 Å². The molecule has 3 aromatic carbocycles. The molecular weight excluding hydrogens is 510 g/mol. The third-order valence-corrected chi connectivity index (χ3v) is 6.41. The van der Waals surface area contributed by atoms with Crippen molar-refractivity contribution in [3.05, 3.63) is 82.4 Å². The predicted octanol–water partition coefficient (Wildman–Crippen LogP) is 5.78. The van der Waals surface area contributed by atoms with Gasteiger partial charge in [-0.25, -0.2) is 0 Å². The van der Waals surface area contributed by atoms with Crippen LogP contribution < -0.4 is 23.8 Å². The van der Waals surface area contributed by atoms with Crippen LogP contribution in [-0.2, 0) is 9.59 Å². The first-order chi connectivity index (χ1) is 18.3. The standard InChI is InChI=1S/C29H28ClNO7/c1-5-37-20-11-9-19(10-12-20)31-26(17-8-14-22(35-3)24(15-17)36-4)25(28(33)29(31)34)27(32)18-7-13-21(30)23(16-18)38-6-2/h7-16,26,32H,5-6H2,1-4H3/b27-25-. The molecule has 0 aliphatic carbocycles. The molecule has 1 atom stereocenters. The summed E-state index contributed by atoms with van der Waals surface area (Å²) in [4.78, 5) is 28.3. The number of halogens is 1.